The highest BCUT2D eigenvalue weighted by Crippen LogP contribution is 2.36. The van der Waals surface area contributed by atoms with Gasteiger partial charge in [-0.05, 0) is 6.08 Å². The van der Waals surface area contributed by atoms with Crippen LogP contribution in [0.25, 0.3) is 5.76 Å². The van der Waals surface area contributed by atoms with E-state index in [4.69, 9.17) is 0 Å². The number of aliphatic hydroxyl groups excluding tert-OH is 1. The Kier molecular flexibility index (Phi) is 2.07. The maximum atomic E-state index is 12.2. The monoisotopic (exact) mass is 240 g/mol. The number of benzene rings is 1. The first-order valence-electron chi connectivity index (χ1n) is 5.44. The molecule has 1 aromatic carbocycles. The fourth-order valence-corrected chi connectivity index (χ4v) is 2.32. The first kappa shape index (κ1) is 10.7. The van der Waals surface area contributed by atoms with Crippen molar-refractivity contribution in [1.29, 1.82) is 0 Å². The summed E-state index contributed by atoms with van der Waals surface area (Å²) < 4.78 is 0. The van der Waals surface area contributed by atoms with E-state index < -0.39 is 23.3 Å². The van der Waals surface area contributed by atoms with Gasteiger partial charge in [0.15, 0.2) is 5.78 Å². The molecule has 0 bridgehead atoms. The lowest BCUT2D eigenvalue weighted by atomic mass is 9.75. The van der Waals surface area contributed by atoms with Crippen LogP contribution in [0.4, 0.5) is 0 Å². The number of hydrogen-bond donors (Lipinski definition) is 1. The number of carbonyl (C=O) groups is 3. The van der Waals surface area contributed by atoms with Crippen LogP contribution in [0.3, 0.4) is 0 Å². The smallest absolute Gasteiger partial charge is 0.222 e. The van der Waals surface area contributed by atoms with Crippen LogP contribution in [0.15, 0.2) is 42.0 Å². The molecule has 0 fully saturated rings. The topological polar surface area (TPSA) is 71.4 Å². The lowest BCUT2D eigenvalue weighted by Gasteiger charge is -2.25. The number of hydrogen-bond acceptors (Lipinski definition) is 4. The Hall–Kier alpha value is -2.49. The van der Waals surface area contributed by atoms with Crippen LogP contribution in [0.2, 0.25) is 0 Å². The largest absolute Gasteiger partial charge is 0.507 e. The molecule has 0 spiro atoms. The first-order valence-corrected chi connectivity index (χ1v) is 5.44. The Balaban J connectivity index is 2.32. The lowest BCUT2D eigenvalue weighted by Crippen LogP contribution is -2.36. The molecular weight excluding hydrogens is 232 g/mol. The van der Waals surface area contributed by atoms with Crippen LogP contribution in [-0.4, -0.2) is 22.5 Å². The Morgan fingerprint density at radius 1 is 0.889 bits per heavy atom. The Morgan fingerprint density at radius 2 is 1.56 bits per heavy atom. The minimum Gasteiger partial charge on any atom is -0.507 e. The van der Waals surface area contributed by atoms with Crippen molar-refractivity contribution < 1.29 is 19.5 Å². The summed E-state index contributed by atoms with van der Waals surface area (Å²) in [5.74, 6) is -3.20. The molecule has 0 heterocycles. The van der Waals surface area contributed by atoms with Gasteiger partial charge in [-0.2, -0.15) is 0 Å². The van der Waals surface area contributed by atoms with Crippen LogP contribution in [-0.2, 0) is 9.59 Å². The third kappa shape index (κ3) is 1.23. The molecule has 4 nitrogen and oxygen atoms in total. The van der Waals surface area contributed by atoms with Gasteiger partial charge in [-0.25, -0.2) is 0 Å². The van der Waals surface area contributed by atoms with Crippen LogP contribution in [0.5, 0.6) is 0 Å². The number of Topliss-reactive ketones (excluding diaryl/α,β-unsaturated/α-hetero) is 2. The molecule has 3 rings (SSSR count). The average Bonchev–Trinajstić information content (AvgIpc) is 2.39. The summed E-state index contributed by atoms with van der Waals surface area (Å²) in [6.45, 7) is 0. The van der Waals surface area contributed by atoms with E-state index >= 15 is 0 Å². The summed E-state index contributed by atoms with van der Waals surface area (Å²) in [6.07, 6.45) is 2.43. The van der Waals surface area contributed by atoms with E-state index in [1.807, 2.05) is 0 Å². The van der Waals surface area contributed by atoms with Crippen molar-refractivity contribution in [1.82, 2.24) is 0 Å². The molecular formula is C14H8O4. The normalized spacial score (nSPS) is 22.0. The fraction of sp³-hybridized carbons (Fsp3) is 0.0714. The molecule has 0 aromatic heterocycles. The Labute approximate surface area is 102 Å². The molecule has 2 aliphatic carbocycles. The second-order valence-electron chi connectivity index (χ2n) is 4.21. The molecule has 1 N–H and O–H groups in total. The fourth-order valence-electron chi connectivity index (χ4n) is 2.32. The van der Waals surface area contributed by atoms with E-state index in [0.717, 1.165) is 6.08 Å². The summed E-state index contributed by atoms with van der Waals surface area (Å²) in [5.41, 5.74) is 0.893. The standard InChI is InChI=1S/C14H8O4/c15-10-6-5-9-11(14(10)18)13(17)8-4-2-1-3-7(8)12(9)16/h1-6,11,16H. The summed E-state index contributed by atoms with van der Waals surface area (Å²) in [4.78, 5) is 35.3. The van der Waals surface area contributed by atoms with Crippen molar-refractivity contribution in [2.24, 2.45) is 5.92 Å². The highest BCUT2D eigenvalue weighted by atomic mass is 16.3. The third-order valence-corrected chi connectivity index (χ3v) is 3.21. The van der Waals surface area contributed by atoms with Gasteiger partial charge in [0.05, 0.1) is 0 Å². The van der Waals surface area contributed by atoms with Gasteiger partial charge in [0.2, 0.25) is 11.6 Å². The quantitative estimate of drug-likeness (QED) is 0.550. The van der Waals surface area contributed by atoms with Gasteiger partial charge < -0.3 is 5.11 Å². The van der Waals surface area contributed by atoms with Gasteiger partial charge >= 0.3 is 0 Å². The average molecular weight is 240 g/mol. The highest BCUT2D eigenvalue weighted by molar-refractivity contribution is 6.48. The van der Waals surface area contributed by atoms with E-state index in [2.05, 4.69) is 0 Å². The minimum atomic E-state index is -1.18. The number of ketones is 3. The van der Waals surface area contributed by atoms with Crippen molar-refractivity contribution in [2.45, 2.75) is 0 Å². The summed E-state index contributed by atoms with van der Waals surface area (Å²) >= 11 is 0. The molecule has 88 valence electrons. The van der Waals surface area contributed by atoms with Gasteiger partial charge in [-0.3, -0.25) is 14.4 Å². The second-order valence-corrected chi connectivity index (χ2v) is 4.21. The molecule has 2 aliphatic rings. The molecule has 1 unspecified atom stereocenters. The SMILES string of the molecule is O=C1C=CC2=C(O)c3ccccc3C(=O)C2C1=O. The molecule has 0 aliphatic heterocycles. The van der Waals surface area contributed by atoms with E-state index in [1.54, 1.807) is 24.3 Å². The molecule has 1 atom stereocenters. The predicted octanol–water partition coefficient (Wildman–Crippen LogP) is 1.48. The number of rotatable bonds is 0. The first-order chi connectivity index (χ1) is 8.61. The van der Waals surface area contributed by atoms with Gasteiger partial charge in [0.25, 0.3) is 0 Å². The van der Waals surface area contributed by atoms with Crippen LogP contribution < -0.4 is 0 Å². The van der Waals surface area contributed by atoms with Crippen molar-refractivity contribution >= 4 is 23.1 Å². The minimum absolute atomic E-state index is 0.104. The maximum absolute atomic E-state index is 12.2. The van der Waals surface area contributed by atoms with E-state index in [1.165, 1.54) is 6.08 Å². The van der Waals surface area contributed by atoms with Crippen LogP contribution in [0.1, 0.15) is 15.9 Å². The molecule has 0 radical (unpaired) electrons. The molecule has 4 heteroatoms. The van der Waals surface area contributed by atoms with Gasteiger partial charge in [-0.15, -0.1) is 0 Å². The number of allylic oxidation sites excluding steroid dienone is 3. The zero-order chi connectivity index (χ0) is 12.9. The molecule has 0 amide bonds. The summed E-state index contributed by atoms with van der Waals surface area (Å²) in [7, 11) is 0. The number of carbonyl (C=O) groups excluding carboxylic acids is 3. The van der Waals surface area contributed by atoms with E-state index in [0.29, 0.717) is 5.56 Å². The van der Waals surface area contributed by atoms with Crippen molar-refractivity contribution in [3.8, 4) is 0 Å². The third-order valence-electron chi connectivity index (χ3n) is 3.21. The van der Waals surface area contributed by atoms with Crippen molar-refractivity contribution in [2.75, 3.05) is 0 Å². The van der Waals surface area contributed by atoms with Gasteiger partial charge in [-0.1, -0.05) is 30.3 Å². The maximum Gasteiger partial charge on any atom is 0.222 e. The lowest BCUT2D eigenvalue weighted by molar-refractivity contribution is -0.135. The molecule has 18 heavy (non-hydrogen) atoms. The molecule has 0 saturated carbocycles. The summed E-state index contributed by atoms with van der Waals surface area (Å²) in [5, 5.41) is 10.1. The van der Waals surface area contributed by atoms with Crippen molar-refractivity contribution in [3.63, 3.8) is 0 Å². The zero-order valence-corrected chi connectivity index (χ0v) is 9.21. The van der Waals surface area contributed by atoms with Crippen LogP contribution in [0, 0.1) is 5.92 Å². The molecule has 1 aromatic rings. The highest BCUT2D eigenvalue weighted by Gasteiger charge is 2.41. The summed E-state index contributed by atoms with van der Waals surface area (Å²) in [6, 6.07) is 6.50. The second kappa shape index (κ2) is 3.50. The van der Waals surface area contributed by atoms with E-state index in [9.17, 15) is 19.5 Å². The predicted molar refractivity (Wildman–Crippen MR) is 63.0 cm³/mol. The number of fused-ring (bicyclic) bond motifs is 2. The zero-order valence-electron chi connectivity index (χ0n) is 9.21. The van der Waals surface area contributed by atoms with Gasteiger partial charge in [0, 0.05) is 16.7 Å². The molecule has 0 saturated heterocycles. The Bertz CT molecular complexity index is 664. The van der Waals surface area contributed by atoms with Gasteiger partial charge in [0.1, 0.15) is 11.7 Å². The Morgan fingerprint density at radius 3 is 2.28 bits per heavy atom. The van der Waals surface area contributed by atoms with Crippen LogP contribution >= 0.6 is 0 Å². The van der Waals surface area contributed by atoms with Crippen molar-refractivity contribution in [3.05, 3.63) is 53.1 Å². The van der Waals surface area contributed by atoms with E-state index in [-0.39, 0.29) is 16.9 Å². The number of aliphatic hydroxyl groups is 1.